The first-order valence-corrected chi connectivity index (χ1v) is 20.4. The summed E-state index contributed by atoms with van der Waals surface area (Å²) < 4.78 is 0. The lowest BCUT2D eigenvalue weighted by molar-refractivity contribution is 0.111. The summed E-state index contributed by atoms with van der Waals surface area (Å²) >= 11 is 0. The summed E-state index contributed by atoms with van der Waals surface area (Å²) in [5.74, 6) is 0. The average Bonchev–Trinajstić information content (AvgIpc) is 3.18. The zero-order chi connectivity index (χ0) is 38.4. The number of rotatable bonds is 7. The van der Waals surface area contributed by atoms with Gasteiger partial charge < -0.3 is 10.2 Å². The second-order valence-electron chi connectivity index (χ2n) is 18.4. The molecule has 0 aliphatic carbocycles. The van der Waals surface area contributed by atoms with Crippen molar-refractivity contribution < 1.29 is 0 Å². The monoisotopic (exact) mass is 722 g/mol. The van der Waals surface area contributed by atoms with E-state index in [0.717, 1.165) is 38.8 Å². The number of hydrogen-bond acceptors (Lipinski definition) is 2. The van der Waals surface area contributed by atoms with Crippen LogP contribution in [0.5, 0.6) is 0 Å². The SMILES string of the molecule is Cc1ccc(-c2ccc(-c3ccc(C4(c5ccc(-c6ccc(-c7ccc(C8(C)CC(C)(C)NC(C)(C)C8)cc7)cc6)cc5)CCN(C)CC4)cc3)cc2)cc1. The van der Waals surface area contributed by atoms with E-state index in [1.165, 1.54) is 66.8 Å². The second kappa shape index (κ2) is 14.4. The Kier molecular flexibility index (Phi) is 9.73. The average molecular weight is 723 g/mol. The Hall–Kier alpha value is -4.76. The lowest BCUT2D eigenvalue weighted by Crippen LogP contribution is -2.61. The fourth-order valence-electron chi connectivity index (χ4n) is 10.5. The zero-order valence-corrected chi connectivity index (χ0v) is 34.0. The van der Waals surface area contributed by atoms with Crippen LogP contribution in [0.1, 0.15) is 82.6 Å². The van der Waals surface area contributed by atoms with Gasteiger partial charge in [-0.3, -0.25) is 0 Å². The molecule has 2 aliphatic heterocycles. The highest BCUT2D eigenvalue weighted by Crippen LogP contribution is 2.45. The largest absolute Gasteiger partial charge is 0.307 e. The maximum atomic E-state index is 3.85. The number of nitrogens with one attached hydrogen (secondary N) is 1. The minimum Gasteiger partial charge on any atom is -0.307 e. The van der Waals surface area contributed by atoms with E-state index in [1.54, 1.807) is 0 Å². The fraction of sp³-hybridized carbons (Fsp3) is 0.321. The van der Waals surface area contributed by atoms with Crippen LogP contribution in [0.4, 0.5) is 0 Å². The van der Waals surface area contributed by atoms with Crippen LogP contribution in [0.15, 0.2) is 146 Å². The lowest BCUT2D eigenvalue weighted by atomic mass is 9.63. The summed E-state index contributed by atoms with van der Waals surface area (Å²) in [6, 6.07) is 55.2. The zero-order valence-electron chi connectivity index (χ0n) is 34.0. The van der Waals surface area contributed by atoms with Crippen molar-refractivity contribution in [2.45, 2.75) is 89.1 Å². The maximum absolute atomic E-state index is 3.85. The number of aryl methyl sites for hydroxylation is 1. The van der Waals surface area contributed by atoms with Gasteiger partial charge in [0.25, 0.3) is 0 Å². The van der Waals surface area contributed by atoms with Gasteiger partial charge in [-0.2, -0.15) is 0 Å². The molecule has 0 saturated carbocycles. The molecule has 2 heterocycles. The van der Waals surface area contributed by atoms with Crippen LogP contribution in [0.3, 0.4) is 0 Å². The van der Waals surface area contributed by atoms with E-state index >= 15 is 0 Å². The van der Waals surface area contributed by atoms with E-state index in [0.29, 0.717) is 0 Å². The van der Waals surface area contributed by atoms with Crippen molar-refractivity contribution in [3.8, 4) is 44.5 Å². The third-order valence-electron chi connectivity index (χ3n) is 12.8. The van der Waals surface area contributed by atoms with Crippen molar-refractivity contribution in [1.29, 1.82) is 0 Å². The Balaban J connectivity index is 0.992. The highest BCUT2D eigenvalue weighted by molar-refractivity contribution is 5.72. The lowest BCUT2D eigenvalue weighted by Gasteiger charge is -2.52. The normalized spacial score (nSPS) is 18.8. The molecule has 2 aliphatic rings. The standard InChI is InChI=1S/C53H58N2/c1-38-8-10-39(11-9-38)40-12-14-42(15-13-40)45-22-28-48(29-23-45)53(32-34-55(7)35-33-53)49-30-24-46(25-31-49)43-18-16-41(17-19-43)44-20-26-47(27-21-44)52(6)36-50(2,3)54-51(4,5)37-52/h8-31,54H,32-37H2,1-7H3. The molecule has 0 bridgehead atoms. The minimum absolute atomic E-state index is 0.00555. The van der Waals surface area contributed by atoms with Crippen LogP contribution in [-0.2, 0) is 10.8 Å². The van der Waals surface area contributed by atoms with Gasteiger partial charge in [-0.05, 0) is 147 Å². The Morgan fingerprint density at radius 1 is 0.400 bits per heavy atom. The van der Waals surface area contributed by atoms with Crippen molar-refractivity contribution >= 4 is 0 Å². The van der Waals surface area contributed by atoms with Gasteiger partial charge in [-0.1, -0.05) is 158 Å². The molecule has 0 atom stereocenters. The predicted octanol–water partition coefficient (Wildman–Crippen LogP) is 12.9. The van der Waals surface area contributed by atoms with Gasteiger partial charge in [0.15, 0.2) is 0 Å². The van der Waals surface area contributed by atoms with Gasteiger partial charge in [-0.25, -0.2) is 0 Å². The molecule has 2 fully saturated rings. The summed E-state index contributed by atoms with van der Waals surface area (Å²) in [7, 11) is 2.25. The molecule has 6 aromatic carbocycles. The quantitative estimate of drug-likeness (QED) is 0.176. The van der Waals surface area contributed by atoms with Crippen LogP contribution in [0, 0.1) is 6.92 Å². The van der Waals surface area contributed by atoms with E-state index in [4.69, 9.17) is 0 Å². The molecule has 6 aromatic rings. The predicted molar refractivity (Wildman–Crippen MR) is 235 cm³/mol. The van der Waals surface area contributed by atoms with Crippen LogP contribution >= 0.6 is 0 Å². The number of benzene rings is 6. The topological polar surface area (TPSA) is 15.3 Å². The number of likely N-dealkylation sites (tertiary alicyclic amines) is 1. The van der Waals surface area contributed by atoms with Crippen LogP contribution in [0.2, 0.25) is 0 Å². The third kappa shape index (κ3) is 7.73. The Labute approximate surface area is 330 Å². The van der Waals surface area contributed by atoms with E-state index in [1.807, 2.05) is 0 Å². The molecule has 8 rings (SSSR count). The number of nitrogens with zero attached hydrogens (tertiary/aromatic N) is 1. The molecule has 2 nitrogen and oxygen atoms in total. The van der Waals surface area contributed by atoms with Gasteiger partial charge >= 0.3 is 0 Å². The Morgan fingerprint density at radius 2 is 0.673 bits per heavy atom. The molecule has 280 valence electrons. The Bertz CT molecular complexity index is 2200. The van der Waals surface area contributed by atoms with Crippen molar-refractivity contribution in [3.63, 3.8) is 0 Å². The molecule has 0 spiro atoms. The van der Waals surface area contributed by atoms with Gasteiger partial charge in [0, 0.05) is 16.5 Å². The third-order valence-corrected chi connectivity index (χ3v) is 12.8. The Morgan fingerprint density at radius 3 is 1.00 bits per heavy atom. The summed E-state index contributed by atoms with van der Waals surface area (Å²) in [5.41, 5.74) is 16.1. The van der Waals surface area contributed by atoms with Gasteiger partial charge in [0.1, 0.15) is 0 Å². The van der Waals surface area contributed by atoms with Crippen molar-refractivity contribution in [2.24, 2.45) is 0 Å². The molecule has 1 N–H and O–H groups in total. The second-order valence-corrected chi connectivity index (χ2v) is 18.4. The summed E-state index contributed by atoms with van der Waals surface area (Å²) in [5, 5.41) is 3.85. The smallest absolute Gasteiger partial charge is 0.0227 e. The van der Waals surface area contributed by atoms with E-state index in [2.05, 4.69) is 204 Å². The summed E-state index contributed by atoms with van der Waals surface area (Å²) in [4.78, 5) is 2.47. The maximum Gasteiger partial charge on any atom is 0.0227 e. The van der Waals surface area contributed by atoms with Crippen molar-refractivity contribution in [1.82, 2.24) is 10.2 Å². The summed E-state index contributed by atoms with van der Waals surface area (Å²) in [6.07, 6.45) is 4.50. The number of hydrogen-bond donors (Lipinski definition) is 1. The van der Waals surface area contributed by atoms with Crippen molar-refractivity contribution in [3.05, 3.63) is 168 Å². The molecular weight excluding hydrogens is 665 g/mol. The van der Waals surface area contributed by atoms with E-state index in [9.17, 15) is 0 Å². The first-order chi connectivity index (χ1) is 26.3. The van der Waals surface area contributed by atoms with E-state index < -0.39 is 0 Å². The molecule has 55 heavy (non-hydrogen) atoms. The van der Waals surface area contributed by atoms with Crippen molar-refractivity contribution in [2.75, 3.05) is 20.1 Å². The van der Waals surface area contributed by atoms with Crippen LogP contribution in [-0.4, -0.2) is 36.1 Å². The fourth-order valence-corrected chi connectivity index (χ4v) is 10.5. The first kappa shape index (κ1) is 37.2. The van der Waals surface area contributed by atoms with E-state index in [-0.39, 0.29) is 21.9 Å². The van der Waals surface area contributed by atoms with Crippen LogP contribution in [0.25, 0.3) is 44.5 Å². The highest BCUT2D eigenvalue weighted by atomic mass is 15.1. The molecule has 0 unspecified atom stereocenters. The van der Waals surface area contributed by atoms with Gasteiger partial charge in [-0.15, -0.1) is 0 Å². The molecule has 0 amide bonds. The molecule has 0 radical (unpaired) electrons. The highest BCUT2D eigenvalue weighted by Gasteiger charge is 2.45. The molecule has 2 heteroatoms. The van der Waals surface area contributed by atoms with Gasteiger partial charge in [0.05, 0.1) is 0 Å². The summed E-state index contributed by atoms with van der Waals surface area (Å²) in [6.45, 7) is 16.1. The molecule has 2 saturated heterocycles. The molecular formula is C53H58N2. The molecule has 0 aromatic heterocycles. The number of piperidine rings is 2. The van der Waals surface area contributed by atoms with Crippen LogP contribution < -0.4 is 5.32 Å². The van der Waals surface area contributed by atoms with Gasteiger partial charge in [0.2, 0.25) is 0 Å². The first-order valence-electron chi connectivity index (χ1n) is 20.4. The minimum atomic E-state index is 0.00555.